The summed E-state index contributed by atoms with van der Waals surface area (Å²) in [5.41, 5.74) is 2.34. The van der Waals surface area contributed by atoms with Crippen molar-refractivity contribution in [3.63, 3.8) is 0 Å². The average molecular weight is 392 g/mol. The van der Waals surface area contributed by atoms with Crippen LogP contribution in [0.5, 0.6) is 11.5 Å². The molecule has 0 fully saturated rings. The number of fused-ring (bicyclic) bond motifs is 1. The number of rotatable bonds is 5. The molecule has 0 N–H and O–H groups in total. The van der Waals surface area contributed by atoms with Crippen LogP contribution in [0, 0.1) is 18.3 Å². The molecular weight excluding hydrogens is 372 g/mol. The molecule has 0 bridgehead atoms. The SMILES string of the molecule is Cc1ccc(C[C@H](C#N)Sc2nnc([C@@H]3COc4ccccc4O3)n2C)cc1. The Morgan fingerprint density at radius 1 is 1.18 bits per heavy atom. The van der Waals surface area contributed by atoms with Gasteiger partial charge < -0.3 is 14.0 Å². The quantitative estimate of drug-likeness (QED) is 0.614. The van der Waals surface area contributed by atoms with Gasteiger partial charge in [-0.15, -0.1) is 10.2 Å². The Labute approximate surface area is 168 Å². The van der Waals surface area contributed by atoms with Crippen LogP contribution in [0.15, 0.2) is 53.7 Å². The fraction of sp³-hybridized carbons (Fsp3) is 0.286. The second kappa shape index (κ2) is 7.95. The second-order valence-electron chi connectivity index (χ2n) is 6.69. The molecule has 2 heterocycles. The third kappa shape index (κ3) is 3.82. The number of hydrogen-bond acceptors (Lipinski definition) is 6. The van der Waals surface area contributed by atoms with Gasteiger partial charge in [0, 0.05) is 7.05 Å². The van der Waals surface area contributed by atoms with Gasteiger partial charge >= 0.3 is 0 Å². The molecule has 1 aromatic heterocycles. The topological polar surface area (TPSA) is 73.0 Å². The number of hydrogen-bond donors (Lipinski definition) is 0. The maximum absolute atomic E-state index is 9.59. The molecule has 6 nitrogen and oxygen atoms in total. The van der Waals surface area contributed by atoms with Gasteiger partial charge in [-0.25, -0.2) is 0 Å². The normalized spacial score (nSPS) is 16.4. The van der Waals surface area contributed by atoms with Crippen LogP contribution >= 0.6 is 11.8 Å². The number of thioether (sulfide) groups is 1. The van der Waals surface area contributed by atoms with Gasteiger partial charge in [-0.3, -0.25) is 0 Å². The monoisotopic (exact) mass is 392 g/mol. The van der Waals surface area contributed by atoms with Crippen LogP contribution in [0.3, 0.4) is 0 Å². The van der Waals surface area contributed by atoms with E-state index >= 15 is 0 Å². The number of aromatic nitrogens is 3. The zero-order chi connectivity index (χ0) is 19.5. The highest BCUT2D eigenvalue weighted by Crippen LogP contribution is 2.36. The predicted octanol–water partition coefficient (Wildman–Crippen LogP) is 3.86. The smallest absolute Gasteiger partial charge is 0.192 e. The molecule has 2 atom stereocenters. The molecule has 4 rings (SSSR count). The molecule has 0 unspecified atom stereocenters. The largest absolute Gasteiger partial charge is 0.485 e. The summed E-state index contributed by atoms with van der Waals surface area (Å²) in [6.45, 7) is 2.43. The summed E-state index contributed by atoms with van der Waals surface area (Å²) in [6.07, 6.45) is 0.319. The lowest BCUT2D eigenvalue weighted by Gasteiger charge is -2.25. The molecule has 3 aromatic rings. The number of aryl methyl sites for hydroxylation is 1. The van der Waals surface area contributed by atoms with Gasteiger partial charge in [-0.05, 0) is 31.0 Å². The first-order valence-corrected chi connectivity index (χ1v) is 9.91. The number of para-hydroxylation sites is 2. The van der Waals surface area contributed by atoms with E-state index in [9.17, 15) is 5.26 Å². The van der Waals surface area contributed by atoms with E-state index in [1.165, 1.54) is 17.3 Å². The van der Waals surface area contributed by atoms with Crippen molar-refractivity contribution in [1.82, 2.24) is 14.8 Å². The zero-order valence-corrected chi connectivity index (χ0v) is 16.5. The highest BCUT2D eigenvalue weighted by Gasteiger charge is 2.28. The summed E-state index contributed by atoms with van der Waals surface area (Å²) >= 11 is 1.42. The van der Waals surface area contributed by atoms with Crippen LogP contribution in [-0.4, -0.2) is 26.6 Å². The average Bonchev–Trinajstić information content (AvgIpc) is 3.09. The van der Waals surface area contributed by atoms with Crippen LogP contribution in [-0.2, 0) is 13.5 Å². The minimum Gasteiger partial charge on any atom is -0.485 e. The maximum atomic E-state index is 9.59. The number of nitrogens with zero attached hydrogens (tertiary/aromatic N) is 4. The van der Waals surface area contributed by atoms with E-state index in [4.69, 9.17) is 9.47 Å². The Hall–Kier alpha value is -2.98. The molecule has 0 radical (unpaired) electrons. The summed E-state index contributed by atoms with van der Waals surface area (Å²) in [6, 6.07) is 18.2. The van der Waals surface area contributed by atoms with E-state index in [1.807, 2.05) is 35.9 Å². The molecule has 142 valence electrons. The van der Waals surface area contributed by atoms with E-state index in [0.717, 1.165) is 11.3 Å². The second-order valence-corrected chi connectivity index (χ2v) is 7.86. The molecule has 0 saturated heterocycles. The molecule has 1 aliphatic rings. The molecule has 0 saturated carbocycles. The summed E-state index contributed by atoms with van der Waals surface area (Å²) < 4.78 is 13.7. The molecule has 2 aromatic carbocycles. The van der Waals surface area contributed by atoms with Crippen molar-refractivity contribution in [1.29, 1.82) is 5.26 Å². The number of benzene rings is 2. The first-order valence-electron chi connectivity index (χ1n) is 9.03. The lowest BCUT2D eigenvalue weighted by Crippen LogP contribution is -2.24. The van der Waals surface area contributed by atoms with Crippen molar-refractivity contribution in [2.45, 2.75) is 29.9 Å². The van der Waals surface area contributed by atoms with E-state index in [1.54, 1.807) is 0 Å². The van der Waals surface area contributed by atoms with Crippen LogP contribution < -0.4 is 9.47 Å². The van der Waals surface area contributed by atoms with Gasteiger partial charge in [0.25, 0.3) is 0 Å². The van der Waals surface area contributed by atoms with Gasteiger partial charge in [0.15, 0.2) is 28.6 Å². The Kier molecular flexibility index (Phi) is 5.22. The lowest BCUT2D eigenvalue weighted by atomic mass is 10.1. The summed E-state index contributed by atoms with van der Waals surface area (Å²) in [4.78, 5) is 0. The highest BCUT2D eigenvalue weighted by atomic mass is 32.2. The van der Waals surface area contributed by atoms with Crippen molar-refractivity contribution in [3.05, 3.63) is 65.5 Å². The first-order chi connectivity index (χ1) is 13.6. The number of ether oxygens (including phenoxy) is 2. The molecule has 0 amide bonds. The number of nitriles is 1. The molecule has 0 spiro atoms. The maximum Gasteiger partial charge on any atom is 0.192 e. The third-order valence-electron chi connectivity index (χ3n) is 4.60. The van der Waals surface area contributed by atoms with Crippen LogP contribution in [0.25, 0.3) is 0 Å². The van der Waals surface area contributed by atoms with Crippen molar-refractivity contribution in [2.24, 2.45) is 7.05 Å². The van der Waals surface area contributed by atoms with Gasteiger partial charge in [0.1, 0.15) is 11.9 Å². The standard InChI is InChI=1S/C21H20N4O2S/c1-14-7-9-15(10-8-14)11-16(12-22)28-21-24-23-20(25(21)2)19-13-26-17-5-3-4-6-18(17)27-19/h3-10,16,19H,11,13H2,1-2H3/t16-,19+/m1/s1. The van der Waals surface area contributed by atoms with E-state index in [-0.39, 0.29) is 11.4 Å². The van der Waals surface area contributed by atoms with Crippen molar-refractivity contribution < 1.29 is 9.47 Å². The predicted molar refractivity (Wildman–Crippen MR) is 106 cm³/mol. The molecule has 7 heteroatoms. The zero-order valence-electron chi connectivity index (χ0n) is 15.7. The van der Waals surface area contributed by atoms with Crippen LogP contribution in [0.4, 0.5) is 0 Å². The third-order valence-corrected chi connectivity index (χ3v) is 5.72. The van der Waals surface area contributed by atoms with E-state index in [0.29, 0.717) is 29.8 Å². The van der Waals surface area contributed by atoms with Crippen molar-refractivity contribution in [2.75, 3.05) is 6.61 Å². The summed E-state index contributed by atoms with van der Waals surface area (Å²) in [5.74, 6) is 2.12. The minimum atomic E-state index is -0.334. The van der Waals surface area contributed by atoms with E-state index in [2.05, 4.69) is 47.5 Å². The molecule has 28 heavy (non-hydrogen) atoms. The van der Waals surface area contributed by atoms with Gasteiger partial charge in [0.2, 0.25) is 0 Å². The fourth-order valence-corrected chi connectivity index (χ4v) is 3.96. The van der Waals surface area contributed by atoms with Gasteiger partial charge in [-0.1, -0.05) is 53.7 Å². The Bertz CT molecular complexity index is 1010. The molecule has 1 aliphatic heterocycles. The minimum absolute atomic E-state index is 0.247. The molecule has 0 aliphatic carbocycles. The Balaban J connectivity index is 1.47. The van der Waals surface area contributed by atoms with Crippen LogP contribution in [0.2, 0.25) is 0 Å². The van der Waals surface area contributed by atoms with Gasteiger partial charge in [-0.2, -0.15) is 5.26 Å². The Morgan fingerprint density at radius 2 is 1.93 bits per heavy atom. The van der Waals surface area contributed by atoms with Gasteiger partial charge in [0.05, 0.1) is 6.07 Å². The van der Waals surface area contributed by atoms with Crippen molar-refractivity contribution in [3.8, 4) is 17.6 Å². The highest BCUT2D eigenvalue weighted by molar-refractivity contribution is 8.00. The fourth-order valence-electron chi connectivity index (χ4n) is 3.04. The molecular formula is C21H20N4O2S. The van der Waals surface area contributed by atoms with Crippen LogP contribution in [0.1, 0.15) is 23.1 Å². The summed E-state index contributed by atoms with van der Waals surface area (Å²) in [7, 11) is 1.89. The lowest BCUT2D eigenvalue weighted by molar-refractivity contribution is 0.0825. The van der Waals surface area contributed by atoms with Crippen molar-refractivity contribution >= 4 is 11.8 Å². The van der Waals surface area contributed by atoms with E-state index < -0.39 is 0 Å². The summed E-state index contributed by atoms with van der Waals surface area (Å²) in [5, 5.41) is 18.6. The first kappa shape index (κ1) is 18.4. The Morgan fingerprint density at radius 3 is 2.68 bits per heavy atom.